The van der Waals surface area contributed by atoms with Gasteiger partial charge < -0.3 is 20.5 Å². The molecule has 0 radical (unpaired) electrons. The van der Waals surface area contributed by atoms with Crippen LogP contribution in [0.5, 0.6) is 0 Å². The molecule has 5 nitrogen and oxygen atoms in total. The van der Waals surface area contributed by atoms with Gasteiger partial charge in [-0.25, -0.2) is 4.79 Å². The van der Waals surface area contributed by atoms with Crippen LogP contribution >= 0.6 is 0 Å². The molecule has 0 aromatic heterocycles. The minimum absolute atomic E-state index is 0.0297. The van der Waals surface area contributed by atoms with Crippen molar-refractivity contribution >= 4 is 6.03 Å². The molecule has 18 heavy (non-hydrogen) atoms. The summed E-state index contributed by atoms with van der Waals surface area (Å²) in [6.45, 7) is 0.707. The Morgan fingerprint density at radius 3 is 2.78 bits per heavy atom. The number of rotatable bonds is 5. The lowest BCUT2D eigenvalue weighted by Crippen LogP contribution is -2.52. The SMILES string of the molecule is COC1(CNC(=O)N[C@@H]2C=C[C@H](CO)C2)CCC1. The van der Waals surface area contributed by atoms with E-state index in [1.54, 1.807) is 7.11 Å². The second-order valence-electron chi connectivity index (χ2n) is 5.24. The van der Waals surface area contributed by atoms with Crippen LogP contribution in [0, 0.1) is 5.92 Å². The minimum atomic E-state index is -0.161. The quantitative estimate of drug-likeness (QED) is 0.635. The van der Waals surface area contributed by atoms with E-state index in [0.717, 1.165) is 19.3 Å². The fraction of sp³-hybridized carbons (Fsp3) is 0.769. The number of aliphatic hydroxyl groups excluding tert-OH is 1. The summed E-state index contributed by atoms with van der Waals surface area (Å²) in [5.41, 5.74) is -0.142. The van der Waals surface area contributed by atoms with E-state index in [1.165, 1.54) is 6.42 Å². The van der Waals surface area contributed by atoms with Crippen LogP contribution in [0.15, 0.2) is 12.2 Å². The van der Waals surface area contributed by atoms with E-state index in [-0.39, 0.29) is 30.2 Å². The predicted molar refractivity (Wildman–Crippen MR) is 68.2 cm³/mol. The first-order valence-corrected chi connectivity index (χ1v) is 6.56. The zero-order valence-corrected chi connectivity index (χ0v) is 10.8. The molecular weight excluding hydrogens is 232 g/mol. The Labute approximate surface area is 108 Å². The summed E-state index contributed by atoms with van der Waals surface area (Å²) in [5.74, 6) is 0.173. The van der Waals surface area contributed by atoms with Crippen molar-refractivity contribution in [3.63, 3.8) is 0 Å². The summed E-state index contributed by atoms with van der Waals surface area (Å²) in [7, 11) is 1.70. The van der Waals surface area contributed by atoms with Crippen LogP contribution in [0.2, 0.25) is 0 Å². The molecule has 0 aromatic carbocycles. The van der Waals surface area contributed by atoms with Gasteiger partial charge in [-0.1, -0.05) is 12.2 Å². The van der Waals surface area contributed by atoms with Gasteiger partial charge in [-0.05, 0) is 25.7 Å². The predicted octanol–water partition coefficient (Wildman–Crippen LogP) is 0.792. The molecule has 2 amide bonds. The highest BCUT2D eigenvalue weighted by Crippen LogP contribution is 2.34. The molecule has 0 saturated heterocycles. The largest absolute Gasteiger partial charge is 0.396 e. The lowest BCUT2D eigenvalue weighted by atomic mass is 9.80. The third-order valence-corrected chi connectivity index (χ3v) is 3.99. The van der Waals surface area contributed by atoms with Gasteiger partial charge in [0, 0.05) is 32.2 Å². The number of methoxy groups -OCH3 is 1. The average Bonchev–Trinajstić information content (AvgIpc) is 2.76. The van der Waals surface area contributed by atoms with Gasteiger partial charge in [-0.15, -0.1) is 0 Å². The van der Waals surface area contributed by atoms with E-state index in [9.17, 15) is 4.79 Å². The van der Waals surface area contributed by atoms with E-state index >= 15 is 0 Å². The van der Waals surface area contributed by atoms with Crippen molar-refractivity contribution in [1.82, 2.24) is 10.6 Å². The van der Waals surface area contributed by atoms with Crippen molar-refractivity contribution in [3.05, 3.63) is 12.2 Å². The van der Waals surface area contributed by atoms with Gasteiger partial charge in [-0.3, -0.25) is 0 Å². The van der Waals surface area contributed by atoms with Crippen molar-refractivity contribution in [3.8, 4) is 0 Å². The zero-order valence-electron chi connectivity index (χ0n) is 10.8. The molecule has 2 rings (SSSR count). The Balaban J connectivity index is 1.68. The second kappa shape index (κ2) is 5.71. The van der Waals surface area contributed by atoms with Crippen LogP contribution in [0.4, 0.5) is 4.79 Å². The molecule has 1 fully saturated rings. The van der Waals surface area contributed by atoms with E-state index < -0.39 is 0 Å². The van der Waals surface area contributed by atoms with Gasteiger partial charge in [0.05, 0.1) is 5.60 Å². The Bertz CT molecular complexity index is 321. The number of ether oxygens (including phenoxy) is 1. The average molecular weight is 254 g/mol. The molecular formula is C13H22N2O3. The van der Waals surface area contributed by atoms with Crippen LogP contribution in [-0.2, 0) is 4.74 Å². The minimum Gasteiger partial charge on any atom is -0.396 e. The Hall–Kier alpha value is -1.07. The summed E-state index contributed by atoms with van der Waals surface area (Å²) in [6, 6.07) is -0.131. The van der Waals surface area contributed by atoms with Gasteiger partial charge in [0.2, 0.25) is 0 Å². The standard InChI is InChI=1S/C13H22N2O3/c1-18-13(5-2-6-13)9-14-12(17)15-11-4-3-10(7-11)8-16/h3-4,10-11,16H,2,5-9H2,1H3,(H2,14,15,17)/t10-,11+/m0/s1. The van der Waals surface area contributed by atoms with E-state index in [4.69, 9.17) is 9.84 Å². The fourth-order valence-corrected chi connectivity index (χ4v) is 2.50. The number of amides is 2. The molecule has 2 aliphatic carbocycles. The number of carbonyl (C=O) groups excluding carboxylic acids is 1. The smallest absolute Gasteiger partial charge is 0.315 e. The molecule has 3 N–H and O–H groups in total. The zero-order chi connectivity index (χ0) is 13.0. The molecule has 102 valence electrons. The highest BCUT2D eigenvalue weighted by molar-refractivity contribution is 5.74. The summed E-state index contributed by atoms with van der Waals surface area (Å²) in [4.78, 5) is 11.7. The summed E-state index contributed by atoms with van der Waals surface area (Å²) in [6.07, 6.45) is 7.86. The summed E-state index contributed by atoms with van der Waals surface area (Å²) < 4.78 is 5.44. The molecule has 0 aliphatic heterocycles. The number of hydrogen-bond acceptors (Lipinski definition) is 3. The number of aliphatic hydroxyl groups is 1. The van der Waals surface area contributed by atoms with E-state index in [0.29, 0.717) is 6.54 Å². The molecule has 0 unspecified atom stereocenters. The molecule has 1 saturated carbocycles. The number of urea groups is 1. The first-order chi connectivity index (χ1) is 8.67. The molecule has 2 aliphatic rings. The molecule has 0 aromatic rings. The normalized spacial score (nSPS) is 28.8. The summed E-state index contributed by atoms with van der Waals surface area (Å²) in [5, 5.41) is 14.8. The highest BCUT2D eigenvalue weighted by atomic mass is 16.5. The fourth-order valence-electron chi connectivity index (χ4n) is 2.50. The Morgan fingerprint density at radius 2 is 2.28 bits per heavy atom. The van der Waals surface area contributed by atoms with Crippen LogP contribution in [0.25, 0.3) is 0 Å². The third kappa shape index (κ3) is 3.03. The van der Waals surface area contributed by atoms with Crippen molar-refractivity contribution < 1.29 is 14.6 Å². The van der Waals surface area contributed by atoms with Crippen LogP contribution < -0.4 is 10.6 Å². The Kier molecular flexibility index (Phi) is 4.24. The van der Waals surface area contributed by atoms with Crippen LogP contribution in [0.3, 0.4) is 0 Å². The maximum absolute atomic E-state index is 11.7. The monoisotopic (exact) mass is 254 g/mol. The molecule has 0 spiro atoms. The number of carbonyl (C=O) groups is 1. The number of nitrogens with one attached hydrogen (secondary N) is 2. The van der Waals surface area contributed by atoms with Crippen LogP contribution in [0.1, 0.15) is 25.7 Å². The first kappa shape index (κ1) is 13.4. The van der Waals surface area contributed by atoms with E-state index in [2.05, 4.69) is 10.6 Å². The van der Waals surface area contributed by atoms with Gasteiger partial charge in [0.1, 0.15) is 0 Å². The van der Waals surface area contributed by atoms with Gasteiger partial charge in [0.15, 0.2) is 0 Å². The topological polar surface area (TPSA) is 70.6 Å². The molecule has 0 heterocycles. The first-order valence-electron chi connectivity index (χ1n) is 6.56. The van der Waals surface area contributed by atoms with Crippen molar-refractivity contribution in [1.29, 1.82) is 0 Å². The molecule has 2 atom stereocenters. The molecule has 5 heteroatoms. The maximum atomic E-state index is 11.7. The van der Waals surface area contributed by atoms with Gasteiger partial charge >= 0.3 is 6.03 Å². The van der Waals surface area contributed by atoms with Crippen molar-refractivity contribution in [2.75, 3.05) is 20.3 Å². The lowest BCUT2D eigenvalue weighted by Gasteiger charge is -2.40. The molecule has 0 bridgehead atoms. The van der Waals surface area contributed by atoms with Gasteiger partial charge in [-0.2, -0.15) is 0 Å². The maximum Gasteiger partial charge on any atom is 0.315 e. The third-order valence-electron chi connectivity index (χ3n) is 3.99. The summed E-state index contributed by atoms with van der Waals surface area (Å²) >= 11 is 0. The second-order valence-corrected chi connectivity index (χ2v) is 5.24. The highest BCUT2D eigenvalue weighted by Gasteiger charge is 2.37. The van der Waals surface area contributed by atoms with E-state index in [1.807, 2.05) is 12.2 Å². The van der Waals surface area contributed by atoms with Gasteiger partial charge in [0.25, 0.3) is 0 Å². The van der Waals surface area contributed by atoms with Crippen molar-refractivity contribution in [2.24, 2.45) is 5.92 Å². The number of hydrogen-bond donors (Lipinski definition) is 3. The van der Waals surface area contributed by atoms with Crippen LogP contribution in [-0.4, -0.2) is 43.0 Å². The lowest BCUT2D eigenvalue weighted by molar-refractivity contribution is -0.0674. The Morgan fingerprint density at radius 1 is 1.50 bits per heavy atom. The van der Waals surface area contributed by atoms with Crippen molar-refractivity contribution in [2.45, 2.75) is 37.3 Å².